The summed E-state index contributed by atoms with van der Waals surface area (Å²) in [5, 5.41) is 0. The SMILES string of the molecule is Cn1cnc2c(=O)[nH]c(N)nc21.Cn1cnc2c(N)ncnc21. The Labute approximate surface area is 129 Å². The van der Waals surface area contributed by atoms with Gasteiger partial charge >= 0.3 is 0 Å². The fourth-order valence-corrected chi connectivity index (χ4v) is 2.00. The summed E-state index contributed by atoms with van der Waals surface area (Å²) >= 11 is 0. The van der Waals surface area contributed by atoms with E-state index < -0.39 is 0 Å². The summed E-state index contributed by atoms with van der Waals surface area (Å²) < 4.78 is 3.44. The number of nitrogen functional groups attached to an aromatic ring is 2. The van der Waals surface area contributed by atoms with Crippen LogP contribution in [-0.2, 0) is 14.1 Å². The molecule has 0 fully saturated rings. The number of aromatic nitrogens is 8. The number of imidazole rings is 2. The fraction of sp³-hybridized carbons (Fsp3) is 0.167. The molecule has 4 heterocycles. The molecule has 0 atom stereocenters. The van der Waals surface area contributed by atoms with Gasteiger partial charge < -0.3 is 20.6 Å². The predicted molar refractivity (Wildman–Crippen MR) is 84.3 cm³/mol. The highest BCUT2D eigenvalue weighted by atomic mass is 16.1. The number of H-pyrrole nitrogens is 1. The first-order valence-corrected chi connectivity index (χ1v) is 6.51. The molecule has 0 bridgehead atoms. The molecule has 0 amide bonds. The largest absolute Gasteiger partial charge is 0.382 e. The van der Waals surface area contributed by atoms with Crippen LogP contribution in [0.5, 0.6) is 0 Å². The van der Waals surface area contributed by atoms with Crippen molar-refractivity contribution < 1.29 is 0 Å². The summed E-state index contributed by atoms with van der Waals surface area (Å²) in [5.74, 6) is 0.534. The minimum Gasteiger partial charge on any atom is -0.382 e. The third-order valence-electron chi connectivity index (χ3n) is 3.11. The normalized spacial score (nSPS) is 10.7. The molecule has 4 aromatic rings. The van der Waals surface area contributed by atoms with E-state index in [1.54, 1.807) is 22.5 Å². The maximum atomic E-state index is 11.2. The maximum absolute atomic E-state index is 11.2. The second-order valence-corrected chi connectivity index (χ2v) is 4.77. The molecule has 0 saturated heterocycles. The highest BCUT2D eigenvalue weighted by molar-refractivity contribution is 5.80. The van der Waals surface area contributed by atoms with Crippen LogP contribution in [0.15, 0.2) is 23.8 Å². The number of rotatable bonds is 0. The average Bonchev–Trinajstić information content (AvgIpc) is 3.06. The van der Waals surface area contributed by atoms with E-state index in [0.29, 0.717) is 22.5 Å². The van der Waals surface area contributed by atoms with Gasteiger partial charge in [0.05, 0.1) is 12.7 Å². The van der Waals surface area contributed by atoms with Gasteiger partial charge in [-0.25, -0.2) is 19.9 Å². The van der Waals surface area contributed by atoms with Crippen molar-refractivity contribution in [3.05, 3.63) is 29.3 Å². The predicted octanol–water partition coefficient (Wildman–Crippen LogP) is -0.816. The highest BCUT2D eigenvalue weighted by Crippen LogP contribution is 2.11. The molecular formula is C12H14N10O. The standard InChI is InChI=1S/C6H7N5O.C6H7N5/c1-11-2-8-3-4(11)9-6(7)10-5(3)12;1-11-3-10-4-5(7)8-2-9-6(4)11/h2H,1H3,(H3,7,9,10,12);2-3H,1H3,(H2,7,8,9). The van der Waals surface area contributed by atoms with Crippen LogP contribution in [-0.4, -0.2) is 39.0 Å². The molecule has 118 valence electrons. The van der Waals surface area contributed by atoms with Crippen molar-refractivity contribution in [1.29, 1.82) is 0 Å². The van der Waals surface area contributed by atoms with Crippen molar-refractivity contribution in [2.75, 3.05) is 11.5 Å². The third-order valence-corrected chi connectivity index (χ3v) is 3.11. The van der Waals surface area contributed by atoms with Gasteiger partial charge in [-0.2, -0.15) is 4.98 Å². The van der Waals surface area contributed by atoms with E-state index in [1.807, 2.05) is 7.05 Å². The van der Waals surface area contributed by atoms with Crippen molar-refractivity contribution in [3.8, 4) is 0 Å². The van der Waals surface area contributed by atoms with Crippen molar-refractivity contribution >= 4 is 34.1 Å². The number of fused-ring (bicyclic) bond motifs is 2. The fourth-order valence-electron chi connectivity index (χ4n) is 2.00. The van der Waals surface area contributed by atoms with Crippen molar-refractivity contribution in [3.63, 3.8) is 0 Å². The molecule has 0 aliphatic carbocycles. The van der Waals surface area contributed by atoms with Crippen molar-refractivity contribution in [1.82, 2.24) is 39.0 Å². The minimum atomic E-state index is -0.307. The van der Waals surface area contributed by atoms with Crippen LogP contribution in [0.1, 0.15) is 0 Å². The van der Waals surface area contributed by atoms with E-state index >= 15 is 0 Å². The molecule has 0 aromatic carbocycles. The smallest absolute Gasteiger partial charge is 0.280 e. The zero-order valence-corrected chi connectivity index (χ0v) is 12.4. The molecule has 0 aliphatic heterocycles. The number of hydrogen-bond acceptors (Lipinski definition) is 8. The topological polar surface area (TPSA) is 159 Å². The molecule has 4 rings (SSSR count). The van der Waals surface area contributed by atoms with E-state index in [2.05, 4.69) is 29.9 Å². The summed E-state index contributed by atoms with van der Waals surface area (Å²) in [6.45, 7) is 0. The number of aryl methyl sites for hydroxylation is 2. The summed E-state index contributed by atoms with van der Waals surface area (Å²) in [4.78, 5) is 33.2. The quantitative estimate of drug-likeness (QED) is 0.379. The Kier molecular flexibility index (Phi) is 3.37. The van der Waals surface area contributed by atoms with E-state index in [9.17, 15) is 4.79 Å². The van der Waals surface area contributed by atoms with Gasteiger partial charge in [0.15, 0.2) is 22.6 Å². The van der Waals surface area contributed by atoms with Crippen molar-refractivity contribution in [2.24, 2.45) is 14.1 Å². The molecule has 11 nitrogen and oxygen atoms in total. The van der Waals surface area contributed by atoms with E-state index in [-0.39, 0.29) is 11.5 Å². The minimum absolute atomic E-state index is 0.108. The lowest BCUT2D eigenvalue weighted by Crippen LogP contribution is -2.11. The number of anilines is 2. The molecule has 11 heteroatoms. The van der Waals surface area contributed by atoms with Gasteiger partial charge in [0, 0.05) is 14.1 Å². The number of nitrogens with two attached hydrogens (primary N) is 2. The zero-order chi connectivity index (χ0) is 16.6. The van der Waals surface area contributed by atoms with Crippen LogP contribution in [0.2, 0.25) is 0 Å². The molecule has 0 radical (unpaired) electrons. The first kappa shape index (κ1) is 14.4. The summed E-state index contributed by atoms with van der Waals surface area (Å²) in [7, 11) is 3.61. The number of nitrogens with one attached hydrogen (secondary N) is 1. The molecule has 0 aliphatic rings. The second kappa shape index (κ2) is 5.36. The Balaban J connectivity index is 0.000000136. The average molecular weight is 314 g/mol. The molecule has 5 N–H and O–H groups in total. The Morgan fingerprint density at radius 3 is 2.30 bits per heavy atom. The summed E-state index contributed by atoms with van der Waals surface area (Å²) in [5.41, 5.74) is 12.8. The molecule has 23 heavy (non-hydrogen) atoms. The Morgan fingerprint density at radius 1 is 0.957 bits per heavy atom. The lowest BCUT2D eigenvalue weighted by molar-refractivity contribution is 0.928. The zero-order valence-electron chi connectivity index (χ0n) is 12.4. The molecular weight excluding hydrogens is 300 g/mol. The van der Waals surface area contributed by atoms with Gasteiger partial charge in [-0.1, -0.05) is 0 Å². The monoisotopic (exact) mass is 314 g/mol. The Morgan fingerprint density at radius 2 is 1.61 bits per heavy atom. The lowest BCUT2D eigenvalue weighted by Gasteiger charge is -1.93. The lowest BCUT2D eigenvalue weighted by atomic mass is 10.5. The van der Waals surface area contributed by atoms with E-state index in [4.69, 9.17) is 11.5 Å². The second-order valence-electron chi connectivity index (χ2n) is 4.77. The molecule has 0 unspecified atom stereocenters. The Bertz CT molecular complexity index is 1040. The van der Waals surface area contributed by atoms with Gasteiger partial charge in [-0.3, -0.25) is 9.78 Å². The van der Waals surface area contributed by atoms with Gasteiger partial charge in [0.1, 0.15) is 11.8 Å². The maximum Gasteiger partial charge on any atom is 0.280 e. The molecule has 0 saturated carbocycles. The van der Waals surface area contributed by atoms with Gasteiger partial charge in [-0.15, -0.1) is 0 Å². The van der Waals surface area contributed by atoms with Gasteiger partial charge in [-0.05, 0) is 0 Å². The van der Waals surface area contributed by atoms with Crippen LogP contribution < -0.4 is 17.0 Å². The number of hydrogen-bond donors (Lipinski definition) is 3. The molecule has 0 spiro atoms. The third kappa shape index (κ3) is 2.54. The number of aromatic amines is 1. The number of nitrogens with zero attached hydrogens (tertiary/aromatic N) is 7. The van der Waals surface area contributed by atoms with Crippen LogP contribution in [0.4, 0.5) is 11.8 Å². The van der Waals surface area contributed by atoms with Crippen LogP contribution >= 0.6 is 0 Å². The van der Waals surface area contributed by atoms with Gasteiger partial charge in [0.25, 0.3) is 5.56 Å². The molecule has 4 aromatic heterocycles. The van der Waals surface area contributed by atoms with Crippen LogP contribution in [0.3, 0.4) is 0 Å². The first-order valence-electron chi connectivity index (χ1n) is 6.51. The summed E-state index contributed by atoms with van der Waals surface area (Å²) in [6, 6.07) is 0. The van der Waals surface area contributed by atoms with Gasteiger partial charge in [0.2, 0.25) is 5.95 Å². The summed E-state index contributed by atoms with van der Waals surface area (Å²) in [6.07, 6.45) is 4.61. The van der Waals surface area contributed by atoms with E-state index in [1.165, 1.54) is 12.7 Å². The Hall–Kier alpha value is -3.50. The van der Waals surface area contributed by atoms with Crippen molar-refractivity contribution in [2.45, 2.75) is 0 Å². The highest BCUT2D eigenvalue weighted by Gasteiger charge is 2.05. The van der Waals surface area contributed by atoms with Crippen LogP contribution in [0.25, 0.3) is 22.3 Å². The van der Waals surface area contributed by atoms with E-state index in [0.717, 1.165) is 5.65 Å². The first-order chi connectivity index (χ1) is 11.0. The van der Waals surface area contributed by atoms with Crippen LogP contribution in [0, 0.1) is 0 Å².